The number of hydrogen-bond acceptors (Lipinski definition) is 4. The van der Waals surface area contributed by atoms with Gasteiger partial charge in [0.25, 0.3) is 5.91 Å². The summed E-state index contributed by atoms with van der Waals surface area (Å²) in [5, 5.41) is 3.03. The molecule has 0 saturated carbocycles. The van der Waals surface area contributed by atoms with E-state index in [1.165, 1.54) is 5.56 Å². The van der Waals surface area contributed by atoms with Crippen LogP contribution in [0.4, 0.5) is 0 Å². The van der Waals surface area contributed by atoms with Crippen LogP contribution in [0.25, 0.3) is 17.0 Å². The van der Waals surface area contributed by atoms with E-state index in [-0.39, 0.29) is 5.91 Å². The molecule has 0 aliphatic rings. The molecule has 1 aromatic carbocycles. The second-order valence-corrected chi connectivity index (χ2v) is 7.79. The van der Waals surface area contributed by atoms with Crippen molar-refractivity contribution in [2.24, 2.45) is 0 Å². The molecule has 0 aliphatic carbocycles. The van der Waals surface area contributed by atoms with Crippen LogP contribution in [0.3, 0.4) is 0 Å². The highest BCUT2D eigenvalue weighted by Gasteiger charge is 2.19. The minimum Gasteiger partial charge on any atom is -0.351 e. The standard InChI is InChI=1S/C25H30N6O/c1-3-29(4-2)15-10-14-26-25(32)23-22-13-8-9-16-31(22)24(28-23)21-18-30(19-27-21)17-20-11-6-5-7-12-20/h5-9,11-13,16,18-19H,3-4,10,14-15,17H2,1-2H3,(H,26,32). The third-order valence-electron chi connectivity index (χ3n) is 5.66. The Morgan fingerprint density at radius 1 is 1.06 bits per heavy atom. The van der Waals surface area contributed by atoms with Crippen molar-refractivity contribution in [1.29, 1.82) is 0 Å². The van der Waals surface area contributed by atoms with Gasteiger partial charge in [-0.1, -0.05) is 50.2 Å². The van der Waals surface area contributed by atoms with Crippen molar-refractivity contribution in [2.45, 2.75) is 26.8 Å². The molecule has 1 amide bonds. The summed E-state index contributed by atoms with van der Waals surface area (Å²) in [5.74, 6) is 0.518. The molecule has 7 nitrogen and oxygen atoms in total. The molecule has 0 fully saturated rings. The first-order valence-corrected chi connectivity index (χ1v) is 11.2. The molecule has 32 heavy (non-hydrogen) atoms. The minimum absolute atomic E-state index is 0.150. The van der Waals surface area contributed by atoms with E-state index in [9.17, 15) is 4.79 Å². The van der Waals surface area contributed by atoms with Crippen LogP contribution in [0, 0.1) is 0 Å². The van der Waals surface area contributed by atoms with Crippen LogP contribution in [-0.4, -0.2) is 55.9 Å². The third kappa shape index (κ3) is 4.89. The Balaban J connectivity index is 1.51. The van der Waals surface area contributed by atoms with E-state index in [0.29, 0.717) is 18.1 Å². The maximum absolute atomic E-state index is 12.9. The van der Waals surface area contributed by atoms with E-state index in [0.717, 1.165) is 43.8 Å². The topological polar surface area (TPSA) is 67.5 Å². The first kappa shape index (κ1) is 21.8. The van der Waals surface area contributed by atoms with Crippen molar-refractivity contribution >= 4 is 11.4 Å². The smallest absolute Gasteiger partial charge is 0.272 e. The fourth-order valence-corrected chi connectivity index (χ4v) is 3.87. The van der Waals surface area contributed by atoms with Gasteiger partial charge in [0.2, 0.25) is 0 Å². The summed E-state index contributed by atoms with van der Waals surface area (Å²) < 4.78 is 3.96. The maximum Gasteiger partial charge on any atom is 0.272 e. The summed E-state index contributed by atoms with van der Waals surface area (Å²) in [7, 11) is 0. The van der Waals surface area contributed by atoms with Gasteiger partial charge in [-0.05, 0) is 43.8 Å². The van der Waals surface area contributed by atoms with E-state index >= 15 is 0 Å². The van der Waals surface area contributed by atoms with Crippen LogP contribution in [0.15, 0.2) is 67.3 Å². The van der Waals surface area contributed by atoms with Gasteiger partial charge in [0, 0.05) is 25.5 Å². The van der Waals surface area contributed by atoms with E-state index in [4.69, 9.17) is 4.98 Å². The van der Waals surface area contributed by atoms with Crippen LogP contribution in [-0.2, 0) is 6.54 Å². The van der Waals surface area contributed by atoms with Gasteiger partial charge >= 0.3 is 0 Å². The highest BCUT2D eigenvalue weighted by Crippen LogP contribution is 2.22. The van der Waals surface area contributed by atoms with Crippen LogP contribution in [0.5, 0.6) is 0 Å². The Bertz CT molecular complexity index is 1160. The molecule has 0 saturated heterocycles. The number of hydrogen-bond donors (Lipinski definition) is 1. The van der Waals surface area contributed by atoms with Gasteiger partial charge in [-0.3, -0.25) is 9.20 Å². The number of fused-ring (bicyclic) bond motifs is 1. The highest BCUT2D eigenvalue weighted by molar-refractivity contribution is 5.99. The Morgan fingerprint density at radius 3 is 2.62 bits per heavy atom. The average Bonchev–Trinajstić information content (AvgIpc) is 3.44. The molecule has 1 N–H and O–H groups in total. The number of amides is 1. The summed E-state index contributed by atoms with van der Waals surface area (Å²) in [4.78, 5) is 24.5. The monoisotopic (exact) mass is 430 g/mol. The van der Waals surface area contributed by atoms with Gasteiger partial charge in [0.1, 0.15) is 5.69 Å². The zero-order chi connectivity index (χ0) is 22.3. The van der Waals surface area contributed by atoms with Crippen LogP contribution in [0.1, 0.15) is 36.3 Å². The predicted molar refractivity (Wildman–Crippen MR) is 127 cm³/mol. The zero-order valence-corrected chi connectivity index (χ0v) is 18.7. The Morgan fingerprint density at radius 2 is 1.84 bits per heavy atom. The molecular formula is C25H30N6O. The Kier molecular flexibility index (Phi) is 6.97. The number of nitrogens with one attached hydrogen (secondary N) is 1. The molecule has 3 aromatic heterocycles. The van der Waals surface area contributed by atoms with Gasteiger partial charge < -0.3 is 14.8 Å². The molecule has 0 atom stereocenters. The van der Waals surface area contributed by atoms with Crippen molar-refractivity contribution < 1.29 is 4.79 Å². The molecular weight excluding hydrogens is 400 g/mol. The van der Waals surface area contributed by atoms with Crippen molar-refractivity contribution in [3.05, 3.63) is 78.5 Å². The van der Waals surface area contributed by atoms with Crippen molar-refractivity contribution in [1.82, 2.24) is 29.2 Å². The van der Waals surface area contributed by atoms with Gasteiger partial charge in [-0.15, -0.1) is 0 Å². The lowest BCUT2D eigenvalue weighted by molar-refractivity contribution is 0.0949. The first-order valence-electron chi connectivity index (χ1n) is 11.2. The van der Waals surface area contributed by atoms with Crippen LogP contribution < -0.4 is 5.32 Å². The van der Waals surface area contributed by atoms with Gasteiger partial charge in [-0.25, -0.2) is 9.97 Å². The SMILES string of the molecule is CCN(CC)CCCNC(=O)c1nc(-c2cn(Cc3ccccc3)cn2)n2ccccc12. The lowest BCUT2D eigenvalue weighted by Gasteiger charge is -2.17. The Hall–Kier alpha value is -3.45. The second-order valence-electron chi connectivity index (χ2n) is 7.79. The molecule has 166 valence electrons. The third-order valence-corrected chi connectivity index (χ3v) is 5.66. The number of imidazole rings is 2. The van der Waals surface area contributed by atoms with Gasteiger partial charge in [0.05, 0.1) is 11.8 Å². The largest absolute Gasteiger partial charge is 0.351 e. The number of aromatic nitrogens is 4. The number of benzene rings is 1. The highest BCUT2D eigenvalue weighted by atomic mass is 16.1. The molecule has 0 bridgehead atoms. The molecule has 0 aliphatic heterocycles. The number of pyridine rings is 1. The number of carbonyl (C=O) groups excluding carboxylic acids is 1. The summed E-state index contributed by atoms with van der Waals surface area (Å²) in [6.45, 7) is 8.69. The average molecular weight is 431 g/mol. The molecule has 4 aromatic rings. The second kappa shape index (κ2) is 10.2. The lowest BCUT2D eigenvalue weighted by atomic mass is 10.2. The molecule has 7 heteroatoms. The molecule has 0 unspecified atom stereocenters. The minimum atomic E-state index is -0.150. The van der Waals surface area contributed by atoms with Crippen molar-refractivity contribution in [3.63, 3.8) is 0 Å². The van der Waals surface area contributed by atoms with E-state index in [2.05, 4.69) is 41.2 Å². The predicted octanol–water partition coefficient (Wildman–Crippen LogP) is 3.71. The van der Waals surface area contributed by atoms with Crippen LogP contribution >= 0.6 is 0 Å². The molecule has 3 heterocycles. The number of nitrogens with zero attached hydrogens (tertiary/aromatic N) is 5. The zero-order valence-electron chi connectivity index (χ0n) is 18.7. The van der Waals surface area contributed by atoms with Gasteiger partial charge in [0.15, 0.2) is 11.5 Å². The molecule has 0 radical (unpaired) electrons. The van der Waals surface area contributed by atoms with Crippen LogP contribution in [0.2, 0.25) is 0 Å². The summed E-state index contributed by atoms with van der Waals surface area (Å²) >= 11 is 0. The number of carbonyl (C=O) groups is 1. The van der Waals surface area contributed by atoms with E-state index in [1.54, 1.807) is 6.33 Å². The molecule has 0 spiro atoms. The summed E-state index contributed by atoms with van der Waals surface area (Å²) in [6.07, 6.45) is 6.61. The molecule has 4 rings (SSSR count). The summed E-state index contributed by atoms with van der Waals surface area (Å²) in [6, 6.07) is 16.0. The number of rotatable bonds is 10. The van der Waals surface area contributed by atoms with E-state index in [1.807, 2.05) is 57.8 Å². The first-order chi connectivity index (χ1) is 15.7. The van der Waals surface area contributed by atoms with Crippen molar-refractivity contribution in [3.8, 4) is 11.5 Å². The maximum atomic E-state index is 12.9. The fraction of sp³-hybridized carbons (Fsp3) is 0.320. The Labute approximate surface area is 188 Å². The van der Waals surface area contributed by atoms with Crippen molar-refractivity contribution in [2.75, 3.05) is 26.2 Å². The summed E-state index contributed by atoms with van der Waals surface area (Å²) in [5.41, 5.74) is 3.15. The quantitative estimate of drug-likeness (QED) is 0.390. The van der Waals surface area contributed by atoms with Gasteiger partial charge in [-0.2, -0.15) is 0 Å². The normalized spacial score (nSPS) is 11.3. The fourth-order valence-electron chi connectivity index (χ4n) is 3.87. The van der Waals surface area contributed by atoms with E-state index < -0.39 is 0 Å². The lowest BCUT2D eigenvalue weighted by Crippen LogP contribution is -2.30.